The number of para-hydroxylation sites is 1. The molecule has 1 heterocycles. The summed E-state index contributed by atoms with van der Waals surface area (Å²) in [6.07, 6.45) is 0. The van der Waals surface area contributed by atoms with Crippen LogP contribution in [0.25, 0.3) is 5.69 Å². The minimum absolute atomic E-state index is 0.139. The number of anilines is 1. The van der Waals surface area contributed by atoms with Crippen LogP contribution in [-0.2, 0) is 0 Å². The fourth-order valence-corrected chi connectivity index (χ4v) is 1.30. The van der Waals surface area contributed by atoms with Crippen molar-refractivity contribution in [1.82, 2.24) is 9.78 Å². The normalized spacial score (nSPS) is 9.93. The third kappa shape index (κ3) is 1.88. The van der Waals surface area contributed by atoms with Crippen molar-refractivity contribution in [3.8, 4) is 5.69 Å². The monoisotopic (exact) mass is 201 g/mol. The van der Waals surface area contributed by atoms with Gasteiger partial charge in [0.05, 0.1) is 5.69 Å². The van der Waals surface area contributed by atoms with Gasteiger partial charge in [-0.1, -0.05) is 18.2 Å². The van der Waals surface area contributed by atoms with Crippen LogP contribution in [-0.4, -0.2) is 16.8 Å². The van der Waals surface area contributed by atoms with Crippen molar-refractivity contribution < 1.29 is 0 Å². The predicted octanol–water partition coefficient (Wildman–Crippen LogP) is 1.27. The second kappa shape index (κ2) is 3.96. The van der Waals surface area contributed by atoms with E-state index in [1.54, 1.807) is 13.1 Å². The molecule has 0 unspecified atom stereocenters. The molecule has 2 rings (SSSR count). The van der Waals surface area contributed by atoms with Crippen molar-refractivity contribution in [3.63, 3.8) is 0 Å². The van der Waals surface area contributed by atoms with Crippen LogP contribution >= 0.6 is 0 Å². The maximum Gasteiger partial charge on any atom is 0.271 e. The van der Waals surface area contributed by atoms with Gasteiger partial charge in [0.25, 0.3) is 5.56 Å². The highest BCUT2D eigenvalue weighted by molar-refractivity contribution is 5.35. The van der Waals surface area contributed by atoms with Gasteiger partial charge < -0.3 is 5.32 Å². The van der Waals surface area contributed by atoms with Crippen LogP contribution in [0.5, 0.6) is 0 Å². The maximum atomic E-state index is 11.6. The van der Waals surface area contributed by atoms with E-state index in [9.17, 15) is 4.79 Å². The lowest BCUT2D eigenvalue weighted by atomic mass is 10.3. The van der Waals surface area contributed by atoms with Gasteiger partial charge in [-0.2, -0.15) is 4.68 Å². The van der Waals surface area contributed by atoms with Crippen LogP contribution in [0.2, 0.25) is 0 Å². The molecule has 0 saturated heterocycles. The topological polar surface area (TPSA) is 46.9 Å². The van der Waals surface area contributed by atoms with Crippen molar-refractivity contribution >= 4 is 5.82 Å². The van der Waals surface area contributed by atoms with Crippen LogP contribution in [0.15, 0.2) is 47.3 Å². The molecule has 1 N–H and O–H groups in total. The van der Waals surface area contributed by atoms with Crippen molar-refractivity contribution in [2.24, 2.45) is 0 Å². The highest BCUT2D eigenvalue weighted by atomic mass is 16.1. The molecule has 0 fully saturated rings. The molecule has 15 heavy (non-hydrogen) atoms. The van der Waals surface area contributed by atoms with Gasteiger partial charge in [-0.25, -0.2) is 0 Å². The molecule has 2 aromatic rings. The van der Waals surface area contributed by atoms with Gasteiger partial charge in [0, 0.05) is 13.1 Å². The second-order valence-electron chi connectivity index (χ2n) is 3.05. The summed E-state index contributed by atoms with van der Waals surface area (Å²) >= 11 is 0. The quantitative estimate of drug-likeness (QED) is 0.796. The van der Waals surface area contributed by atoms with Gasteiger partial charge in [-0.05, 0) is 18.2 Å². The Morgan fingerprint density at radius 3 is 2.53 bits per heavy atom. The van der Waals surface area contributed by atoms with Crippen molar-refractivity contribution in [2.75, 3.05) is 12.4 Å². The van der Waals surface area contributed by atoms with Crippen molar-refractivity contribution in [2.45, 2.75) is 0 Å². The van der Waals surface area contributed by atoms with Gasteiger partial charge >= 0.3 is 0 Å². The summed E-state index contributed by atoms with van der Waals surface area (Å²) < 4.78 is 1.37. The Kier molecular flexibility index (Phi) is 2.49. The molecule has 4 nitrogen and oxygen atoms in total. The van der Waals surface area contributed by atoms with Gasteiger partial charge in [0.1, 0.15) is 5.82 Å². The first-order valence-electron chi connectivity index (χ1n) is 4.65. The number of rotatable bonds is 2. The smallest absolute Gasteiger partial charge is 0.271 e. The van der Waals surface area contributed by atoms with Crippen LogP contribution < -0.4 is 10.9 Å². The lowest BCUT2D eigenvalue weighted by Crippen LogP contribution is -2.20. The van der Waals surface area contributed by atoms with Crippen molar-refractivity contribution in [1.29, 1.82) is 0 Å². The first-order chi connectivity index (χ1) is 7.31. The second-order valence-corrected chi connectivity index (χ2v) is 3.05. The lowest BCUT2D eigenvalue weighted by molar-refractivity contribution is 0.811. The van der Waals surface area contributed by atoms with Gasteiger partial charge in [0.15, 0.2) is 0 Å². The van der Waals surface area contributed by atoms with E-state index >= 15 is 0 Å². The van der Waals surface area contributed by atoms with Gasteiger partial charge in [-0.15, -0.1) is 5.10 Å². The van der Waals surface area contributed by atoms with E-state index in [1.165, 1.54) is 10.7 Å². The number of benzene rings is 1. The fourth-order valence-electron chi connectivity index (χ4n) is 1.30. The zero-order valence-corrected chi connectivity index (χ0v) is 8.34. The molecule has 76 valence electrons. The Hall–Kier alpha value is -2.10. The summed E-state index contributed by atoms with van der Waals surface area (Å²) in [5, 5.41) is 7.05. The first-order valence-corrected chi connectivity index (χ1v) is 4.65. The predicted molar refractivity (Wildman–Crippen MR) is 59.4 cm³/mol. The molecule has 1 aromatic carbocycles. The summed E-state index contributed by atoms with van der Waals surface area (Å²) in [6, 6.07) is 12.5. The Morgan fingerprint density at radius 1 is 1.13 bits per heavy atom. The minimum atomic E-state index is -0.139. The average molecular weight is 201 g/mol. The van der Waals surface area contributed by atoms with Crippen LogP contribution in [0.1, 0.15) is 0 Å². The Balaban J connectivity index is 2.57. The van der Waals surface area contributed by atoms with Crippen LogP contribution in [0.3, 0.4) is 0 Å². The number of nitrogens with zero attached hydrogens (tertiary/aromatic N) is 2. The molecule has 4 heteroatoms. The maximum absolute atomic E-state index is 11.6. The standard InChI is InChI=1S/C11H11N3O/c1-12-10-7-8-11(15)14(13-10)9-5-3-2-4-6-9/h2-8H,1H3,(H,12,13). The van der Waals surface area contributed by atoms with E-state index in [1.807, 2.05) is 30.3 Å². The van der Waals surface area contributed by atoms with E-state index in [4.69, 9.17) is 0 Å². The fraction of sp³-hybridized carbons (Fsp3) is 0.0909. The molecule has 0 aliphatic heterocycles. The third-order valence-corrected chi connectivity index (χ3v) is 2.06. The Labute approximate surface area is 87.2 Å². The lowest BCUT2D eigenvalue weighted by Gasteiger charge is -2.05. The van der Waals surface area contributed by atoms with Crippen LogP contribution in [0.4, 0.5) is 5.82 Å². The highest BCUT2D eigenvalue weighted by Gasteiger charge is 2.00. The molecule has 0 aliphatic carbocycles. The SMILES string of the molecule is CNc1ccc(=O)n(-c2ccccc2)n1. The molecule has 0 amide bonds. The first kappa shape index (κ1) is 9.45. The molecule has 0 radical (unpaired) electrons. The number of hydrogen-bond donors (Lipinski definition) is 1. The largest absolute Gasteiger partial charge is 0.372 e. The molecule has 0 bridgehead atoms. The molecule has 1 aromatic heterocycles. The zero-order chi connectivity index (χ0) is 10.7. The number of hydrogen-bond acceptors (Lipinski definition) is 3. The molecule has 0 spiro atoms. The summed E-state index contributed by atoms with van der Waals surface area (Å²) in [5.41, 5.74) is 0.625. The van der Waals surface area contributed by atoms with E-state index in [-0.39, 0.29) is 5.56 Å². The third-order valence-electron chi connectivity index (χ3n) is 2.06. The minimum Gasteiger partial charge on any atom is -0.372 e. The average Bonchev–Trinajstić information content (AvgIpc) is 2.31. The summed E-state index contributed by atoms with van der Waals surface area (Å²) in [4.78, 5) is 11.6. The summed E-state index contributed by atoms with van der Waals surface area (Å²) in [7, 11) is 1.77. The molecule has 0 aliphatic rings. The van der Waals surface area contributed by atoms with Gasteiger partial charge in [0.2, 0.25) is 0 Å². The van der Waals surface area contributed by atoms with Gasteiger partial charge in [-0.3, -0.25) is 4.79 Å². The molecule has 0 atom stereocenters. The Morgan fingerprint density at radius 2 is 1.87 bits per heavy atom. The number of aromatic nitrogens is 2. The highest BCUT2D eigenvalue weighted by Crippen LogP contribution is 2.04. The van der Waals surface area contributed by atoms with E-state index in [0.29, 0.717) is 5.82 Å². The summed E-state index contributed by atoms with van der Waals surface area (Å²) in [6.45, 7) is 0. The zero-order valence-electron chi connectivity index (χ0n) is 8.34. The summed E-state index contributed by atoms with van der Waals surface area (Å²) in [5.74, 6) is 0.665. The Bertz CT molecular complexity index is 505. The molecular formula is C11H11N3O. The van der Waals surface area contributed by atoms with Crippen LogP contribution in [0, 0.1) is 0 Å². The van der Waals surface area contributed by atoms with E-state index in [0.717, 1.165) is 5.69 Å². The van der Waals surface area contributed by atoms with E-state index < -0.39 is 0 Å². The molecular weight excluding hydrogens is 190 g/mol. The number of nitrogens with one attached hydrogen (secondary N) is 1. The molecule has 0 saturated carbocycles. The van der Waals surface area contributed by atoms with E-state index in [2.05, 4.69) is 10.4 Å². The van der Waals surface area contributed by atoms with Crippen molar-refractivity contribution in [3.05, 3.63) is 52.8 Å².